The first-order valence-electron chi connectivity index (χ1n) is 8.07. The highest BCUT2D eigenvalue weighted by Gasteiger charge is 2.26. The molecular formula is C16H28ClN3OS. The molecule has 0 aromatic carbocycles. The number of nitrogens with zero attached hydrogens (tertiary/aromatic N) is 1. The number of hydrogen-bond acceptors (Lipinski definition) is 4. The van der Waals surface area contributed by atoms with Gasteiger partial charge >= 0.3 is 0 Å². The number of hydrogen-bond donors (Lipinski definition) is 2. The lowest BCUT2D eigenvalue weighted by atomic mass is 9.96. The third-order valence-corrected chi connectivity index (χ3v) is 5.25. The largest absolute Gasteiger partial charge is 0.355 e. The number of aromatic nitrogens is 1. The lowest BCUT2D eigenvalue weighted by Crippen LogP contribution is -2.51. The summed E-state index contributed by atoms with van der Waals surface area (Å²) in [4.78, 5) is 18.2. The van der Waals surface area contributed by atoms with E-state index in [-0.39, 0.29) is 18.3 Å². The predicted molar refractivity (Wildman–Crippen MR) is 94.8 cm³/mol. The van der Waals surface area contributed by atoms with Gasteiger partial charge in [0.05, 0.1) is 16.2 Å². The lowest BCUT2D eigenvalue weighted by Gasteiger charge is -2.22. The Morgan fingerprint density at radius 1 is 1.41 bits per heavy atom. The van der Waals surface area contributed by atoms with Crippen LogP contribution < -0.4 is 11.1 Å². The van der Waals surface area contributed by atoms with Crippen LogP contribution >= 0.6 is 23.7 Å². The van der Waals surface area contributed by atoms with Gasteiger partial charge in [0.1, 0.15) is 0 Å². The minimum atomic E-state index is -0.741. The number of rotatable bonds is 7. The SMILES string of the molecule is CCCC(C)(N)C(=O)NCCCc1nc2c(s1)CCCC2.Cl. The smallest absolute Gasteiger partial charge is 0.239 e. The number of amides is 1. The topological polar surface area (TPSA) is 68.0 Å². The molecule has 6 heteroatoms. The fraction of sp³-hybridized carbons (Fsp3) is 0.750. The van der Waals surface area contributed by atoms with Crippen molar-refractivity contribution in [3.8, 4) is 0 Å². The standard InChI is InChI=1S/C16H27N3OS.ClH/c1-3-10-16(2,17)15(20)18-11-6-9-14-19-12-7-4-5-8-13(12)21-14;/h3-11,17H2,1-2H3,(H,18,20);1H. The summed E-state index contributed by atoms with van der Waals surface area (Å²) in [5, 5.41) is 4.18. The number of carbonyl (C=O) groups is 1. The van der Waals surface area contributed by atoms with Crippen LogP contribution in [0.3, 0.4) is 0 Å². The Morgan fingerprint density at radius 3 is 2.82 bits per heavy atom. The molecule has 1 heterocycles. The van der Waals surface area contributed by atoms with Crippen LogP contribution in [-0.4, -0.2) is 23.0 Å². The van der Waals surface area contributed by atoms with Gasteiger partial charge < -0.3 is 11.1 Å². The van der Waals surface area contributed by atoms with E-state index in [0.29, 0.717) is 6.54 Å². The molecule has 1 aliphatic rings. The number of halogens is 1. The van der Waals surface area contributed by atoms with Crippen LogP contribution in [0, 0.1) is 0 Å². The molecule has 0 saturated carbocycles. The normalized spacial score (nSPS) is 16.3. The van der Waals surface area contributed by atoms with Crippen molar-refractivity contribution < 1.29 is 4.79 Å². The molecule has 4 nitrogen and oxygen atoms in total. The molecule has 0 fully saturated rings. The van der Waals surface area contributed by atoms with Crippen LogP contribution in [0.25, 0.3) is 0 Å². The molecule has 22 heavy (non-hydrogen) atoms. The summed E-state index contributed by atoms with van der Waals surface area (Å²) >= 11 is 1.86. The zero-order chi connectivity index (χ0) is 15.3. The van der Waals surface area contributed by atoms with Crippen molar-refractivity contribution in [3.05, 3.63) is 15.6 Å². The van der Waals surface area contributed by atoms with Crippen LogP contribution in [-0.2, 0) is 24.1 Å². The van der Waals surface area contributed by atoms with E-state index in [9.17, 15) is 4.79 Å². The van der Waals surface area contributed by atoms with Gasteiger partial charge in [-0.05, 0) is 45.4 Å². The second kappa shape index (κ2) is 8.85. The van der Waals surface area contributed by atoms with E-state index < -0.39 is 5.54 Å². The van der Waals surface area contributed by atoms with Gasteiger partial charge in [-0.2, -0.15) is 0 Å². The Bertz CT molecular complexity index is 464. The summed E-state index contributed by atoms with van der Waals surface area (Å²) in [7, 11) is 0. The molecule has 1 atom stereocenters. The Labute approximate surface area is 143 Å². The first-order valence-corrected chi connectivity index (χ1v) is 8.89. The van der Waals surface area contributed by atoms with Gasteiger partial charge in [-0.25, -0.2) is 4.98 Å². The summed E-state index contributed by atoms with van der Waals surface area (Å²) in [6.45, 7) is 4.53. The van der Waals surface area contributed by atoms with Crippen LogP contribution in [0.5, 0.6) is 0 Å². The minimum absolute atomic E-state index is 0. The molecule has 0 radical (unpaired) electrons. The fourth-order valence-electron chi connectivity index (χ4n) is 2.79. The average Bonchev–Trinajstić information content (AvgIpc) is 2.85. The maximum absolute atomic E-state index is 12.0. The van der Waals surface area contributed by atoms with Crippen LogP contribution in [0.4, 0.5) is 0 Å². The summed E-state index contributed by atoms with van der Waals surface area (Å²) in [6, 6.07) is 0. The van der Waals surface area contributed by atoms with Gasteiger partial charge in [0.15, 0.2) is 0 Å². The summed E-state index contributed by atoms with van der Waals surface area (Å²) in [5.41, 5.74) is 6.59. The molecule has 0 spiro atoms. The van der Waals surface area contributed by atoms with E-state index >= 15 is 0 Å². The fourth-order valence-corrected chi connectivity index (χ4v) is 3.99. The van der Waals surface area contributed by atoms with Crippen molar-refractivity contribution in [2.24, 2.45) is 5.73 Å². The number of nitrogens with two attached hydrogens (primary N) is 1. The first-order chi connectivity index (χ1) is 10.0. The molecule has 1 unspecified atom stereocenters. The Morgan fingerprint density at radius 2 is 2.14 bits per heavy atom. The molecule has 1 aliphatic carbocycles. The third kappa shape index (κ3) is 5.21. The van der Waals surface area contributed by atoms with E-state index in [1.165, 1.54) is 34.8 Å². The van der Waals surface area contributed by atoms with E-state index in [4.69, 9.17) is 10.7 Å². The second-order valence-corrected chi connectivity index (χ2v) is 7.38. The van der Waals surface area contributed by atoms with Gasteiger partial charge in [0, 0.05) is 17.8 Å². The summed E-state index contributed by atoms with van der Waals surface area (Å²) in [6.07, 6.45) is 8.45. The lowest BCUT2D eigenvalue weighted by molar-refractivity contribution is -0.126. The highest BCUT2D eigenvalue weighted by atomic mass is 35.5. The third-order valence-electron chi connectivity index (χ3n) is 4.03. The Balaban J connectivity index is 0.00000242. The van der Waals surface area contributed by atoms with E-state index in [2.05, 4.69) is 5.32 Å². The molecule has 1 aromatic heterocycles. The highest BCUT2D eigenvalue weighted by molar-refractivity contribution is 7.11. The molecule has 3 N–H and O–H groups in total. The van der Waals surface area contributed by atoms with Gasteiger partial charge in [-0.15, -0.1) is 23.7 Å². The van der Waals surface area contributed by atoms with E-state index in [0.717, 1.165) is 32.1 Å². The molecule has 1 amide bonds. The van der Waals surface area contributed by atoms with Crippen molar-refractivity contribution in [1.29, 1.82) is 0 Å². The van der Waals surface area contributed by atoms with E-state index in [1.807, 2.05) is 18.3 Å². The molecule has 0 bridgehead atoms. The van der Waals surface area contributed by atoms with Crippen LogP contribution in [0.2, 0.25) is 0 Å². The van der Waals surface area contributed by atoms with Gasteiger partial charge in [-0.1, -0.05) is 13.3 Å². The summed E-state index contributed by atoms with van der Waals surface area (Å²) in [5.74, 6) is -0.0391. The monoisotopic (exact) mass is 345 g/mol. The second-order valence-electron chi connectivity index (χ2n) is 6.21. The molecule has 126 valence electrons. The van der Waals surface area contributed by atoms with Crippen LogP contribution in [0.15, 0.2) is 0 Å². The zero-order valence-electron chi connectivity index (χ0n) is 13.6. The maximum Gasteiger partial charge on any atom is 0.239 e. The van der Waals surface area contributed by atoms with Gasteiger partial charge in [0.25, 0.3) is 0 Å². The summed E-state index contributed by atoms with van der Waals surface area (Å²) < 4.78 is 0. The van der Waals surface area contributed by atoms with Crippen molar-refractivity contribution in [1.82, 2.24) is 10.3 Å². The zero-order valence-corrected chi connectivity index (χ0v) is 15.2. The molecule has 0 aliphatic heterocycles. The number of thiazole rings is 1. The Kier molecular flexibility index (Phi) is 7.80. The van der Waals surface area contributed by atoms with Gasteiger partial charge in [0.2, 0.25) is 5.91 Å². The predicted octanol–water partition coefficient (Wildman–Crippen LogP) is 3.01. The molecule has 1 aromatic rings. The molecule has 0 saturated heterocycles. The van der Waals surface area contributed by atoms with Crippen molar-refractivity contribution in [3.63, 3.8) is 0 Å². The first kappa shape index (κ1) is 19.4. The number of nitrogens with one attached hydrogen (secondary N) is 1. The highest BCUT2D eigenvalue weighted by Crippen LogP contribution is 2.27. The van der Waals surface area contributed by atoms with Crippen molar-refractivity contribution in [2.45, 2.75) is 70.8 Å². The number of fused-ring (bicyclic) bond motifs is 1. The average molecular weight is 346 g/mol. The molecular weight excluding hydrogens is 318 g/mol. The Hall–Kier alpha value is -0.650. The van der Waals surface area contributed by atoms with Crippen molar-refractivity contribution in [2.75, 3.05) is 6.54 Å². The maximum atomic E-state index is 12.0. The number of carbonyl (C=O) groups excluding carboxylic acids is 1. The minimum Gasteiger partial charge on any atom is -0.355 e. The van der Waals surface area contributed by atoms with Crippen LogP contribution in [0.1, 0.15) is 61.5 Å². The van der Waals surface area contributed by atoms with Gasteiger partial charge in [-0.3, -0.25) is 4.79 Å². The number of aryl methyl sites for hydroxylation is 3. The van der Waals surface area contributed by atoms with E-state index in [1.54, 1.807) is 6.92 Å². The molecule has 2 rings (SSSR count). The quantitative estimate of drug-likeness (QED) is 0.746. The van der Waals surface area contributed by atoms with Crippen molar-refractivity contribution >= 4 is 29.7 Å².